The number of amides is 4. The molecule has 0 bridgehead atoms. The fourth-order valence-corrected chi connectivity index (χ4v) is 4.34. The van der Waals surface area contributed by atoms with Crippen LogP contribution < -0.4 is 16.4 Å². The Hall–Kier alpha value is -4.19. The first kappa shape index (κ1) is 24.9. The molecule has 1 aliphatic heterocycles. The van der Waals surface area contributed by atoms with Crippen LogP contribution in [0.2, 0.25) is 5.02 Å². The van der Waals surface area contributed by atoms with Gasteiger partial charge in [-0.3, -0.25) is 9.36 Å². The maximum atomic E-state index is 14.3. The van der Waals surface area contributed by atoms with Gasteiger partial charge in [-0.1, -0.05) is 29.8 Å². The van der Waals surface area contributed by atoms with Crippen LogP contribution in [0.15, 0.2) is 42.6 Å². The summed E-state index contributed by atoms with van der Waals surface area (Å²) in [5.41, 5.74) is 5.61. The SMILES string of the molecule is NC(=O)n1cc(NC(=O)N2C[C@H](F)C[C@H]2C(=O)NCc2cc(C(=O)O)cc(Cl)c2F)c2ccccc21. The van der Waals surface area contributed by atoms with E-state index in [1.165, 1.54) is 6.20 Å². The van der Waals surface area contributed by atoms with Crippen molar-refractivity contribution >= 4 is 52.1 Å². The van der Waals surface area contributed by atoms with Gasteiger partial charge >= 0.3 is 18.0 Å². The number of nitrogens with two attached hydrogens (primary N) is 1. The van der Waals surface area contributed by atoms with Gasteiger partial charge in [0.1, 0.15) is 18.0 Å². The van der Waals surface area contributed by atoms with Gasteiger partial charge in [0.2, 0.25) is 5.91 Å². The predicted molar refractivity (Wildman–Crippen MR) is 126 cm³/mol. The van der Waals surface area contributed by atoms with Crippen molar-refractivity contribution in [3.8, 4) is 0 Å². The molecular weight excluding hydrogens is 500 g/mol. The fourth-order valence-electron chi connectivity index (χ4n) is 4.10. The number of carboxylic acid groups (broad SMARTS) is 1. The van der Waals surface area contributed by atoms with E-state index in [0.29, 0.717) is 10.9 Å². The minimum Gasteiger partial charge on any atom is -0.478 e. The number of aromatic carboxylic acids is 1. The van der Waals surface area contributed by atoms with Gasteiger partial charge < -0.3 is 26.4 Å². The predicted octanol–water partition coefficient (Wildman–Crippen LogP) is 3.32. The Morgan fingerprint density at radius 1 is 1.19 bits per heavy atom. The average Bonchev–Trinajstić information content (AvgIpc) is 3.40. The molecule has 2 aromatic carbocycles. The molecule has 1 fully saturated rings. The summed E-state index contributed by atoms with van der Waals surface area (Å²) < 4.78 is 29.7. The normalized spacial score (nSPS) is 17.2. The molecule has 4 amide bonds. The van der Waals surface area contributed by atoms with E-state index >= 15 is 0 Å². The molecule has 36 heavy (non-hydrogen) atoms. The minimum atomic E-state index is -1.49. The van der Waals surface area contributed by atoms with Crippen LogP contribution in [-0.2, 0) is 11.3 Å². The molecule has 1 saturated heterocycles. The molecule has 13 heteroatoms. The van der Waals surface area contributed by atoms with Gasteiger partial charge in [-0.15, -0.1) is 0 Å². The molecule has 4 rings (SSSR count). The number of aromatic nitrogens is 1. The number of anilines is 1. The lowest BCUT2D eigenvalue weighted by Gasteiger charge is -2.24. The highest BCUT2D eigenvalue weighted by molar-refractivity contribution is 6.31. The maximum absolute atomic E-state index is 14.3. The highest BCUT2D eigenvalue weighted by Gasteiger charge is 2.40. The third kappa shape index (κ3) is 4.80. The number of carbonyl (C=O) groups excluding carboxylic acids is 3. The molecule has 0 unspecified atom stereocenters. The number of likely N-dealkylation sites (tertiary alicyclic amines) is 1. The molecule has 2 heterocycles. The van der Waals surface area contributed by atoms with Crippen LogP contribution in [0, 0.1) is 5.82 Å². The Kier molecular flexibility index (Phi) is 6.80. The first-order chi connectivity index (χ1) is 17.1. The summed E-state index contributed by atoms with van der Waals surface area (Å²) in [5, 5.41) is 14.2. The zero-order chi connectivity index (χ0) is 26.1. The highest BCUT2D eigenvalue weighted by Crippen LogP contribution is 2.28. The smallest absolute Gasteiger partial charge is 0.335 e. The summed E-state index contributed by atoms with van der Waals surface area (Å²) in [5.74, 6) is -3.00. The van der Waals surface area contributed by atoms with E-state index in [4.69, 9.17) is 22.4 Å². The molecule has 0 spiro atoms. The number of alkyl halides is 1. The number of carboxylic acids is 1. The summed E-state index contributed by atoms with van der Waals surface area (Å²) in [4.78, 5) is 49.7. The lowest BCUT2D eigenvalue weighted by Crippen LogP contribution is -2.47. The molecule has 0 radical (unpaired) electrons. The number of hydrogen-bond acceptors (Lipinski definition) is 4. The van der Waals surface area contributed by atoms with Crippen molar-refractivity contribution in [1.29, 1.82) is 0 Å². The average molecular weight is 520 g/mol. The van der Waals surface area contributed by atoms with Gasteiger partial charge in [-0.2, -0.15) is 0 Å². The number of primary amides is 1. The second-order valence-corrected chi connectivity index (χ2v) is 8.56. The third-order valence-corrected chi connectivity index (χ3v) is 6.08. The Morgan fingerprint density at radius 2 is 1.92 bits per heavy atom. The number of nitrogens with zero attached hydrogens (tertiary/aromatic N) is 2. The second-order valence-electron chi connectivity index (χ2n) is 8.15. The molecule has 10 nitrogen and oxygen atoms in total. The van der Waals surface area contributed by atoms with Crippen LogP contribution >= 0.6 is 11.6 Å². The summed E-state index contributed by atoms with van der Waals surface area (Å²) in [6, 6.07) is 5.85. The number of hydrogen-bond donors (Lipinski definition) is 4. The second kappa shape index (κ2) is 9.82. The number of benzene rings is 2. The molecule has 1 aliphatic rings. The van der Waals surface area contributed by atoms with Crippen LogP contribution in [0.3, 0.4) is 0 Å². The zero-order valence-corrected chi connectivity index (χ0v) is 19.3. The number of rotatable bonds is 5. The Morgan fingerprint density at radius 3 is 2.61 bits per heavy atom. The van der Waals surface area contributed by atoms with E-state index in [0.717, 1.165) is 21.6 Å². The topological polar surface area (TPSA) is 147 Å². The quantitative estimate of drug-likeness (QED) is 0.408. The number of fused-ring (bicyclic) bond motifs is 1. The van der Waals surface area contributed by atoms with Crippen LogP contribution in [0.5, 0.6) is 0 Å². The molecule has 1 aromatic heterocycles. The van der Waals surface area contributed by atoms with E-state index in [-0.39, 0.29) is 29.8 Å². The van der Waals surface area contributed by atoms with E-state index < -0.39 is 53.5 Å². The lowest BCUT2D eigenvalue weighted by molar-refractivity contribution is -0.124. The Balaban J connectivity index is 1.51. The number of carbonyl (C=O) groups is 4. The van der Waals surface area contributed by atoms with Crippen molar-refractivity contribution in [3.63, 3.8) is 0 Å². The van der Waals surface area contributed by atoms with E-state index in [9.17, 15) is 28.0 Å². The molecule has 3 aromatic rings. The maximum Gasteiger partial charge on any atom is 0.335 e. The van der Waals surface area contributed by atoms with Crippen molar-refractivity contribution in [2.24, 2.45) is 5.73 Å². The van der Waals surface area contributed by atoms with E-state index in [2.05, 4.69) is 10.6 Å². The first-order valence-corrected chi connectivity index (χ1v) is 11.0. The molecule has 5 N–H and O–H groups in total. The standard InChI is InChI=1S/C23H20ClF2N5O5/c24-15-6-11(21(33)34)5-12(19(15)26)8-28-20(32)18-7-13(25)9-31(18)23(36)29-16-10-30(22(27)35)17-4-2-1-3-14(16)17/h1-6,10,13,18H,7-9H2,(H2,27,35)(H,28,32)(H,29,36)(H,33,34)/t13-,18+/m1/s1. The van der Waals surface area contributed by atoms with Gasteiger partial charge in [-0.05, 0) is 18.2 Å². The molecular formula is C23H20ClF2N5O5. The summed E-state index contributed by atoms with van der Waals surface area (Å²) >= 11 is 5.74. The highest BCUT2D eigenvalue weighted by atomic mass is 35.5. The summed E-state index contributed by atoms with van der Waals surface area (Å²) in [6.45, 7) is -0.798. The van der Waals surface area contributed by atoms with Crippen LogP contribution in [0.4, 0.5) is 24.1 Å². The molecule has 188 valence electrons. The molecule has 0 saturated carbocycles. The van der Waals surface area contributed by atoms with Crippen LogP contribution in [0.1, 0.15) is 22.3 Å². The lowest BCUT2D eigenvalue weighted by atomic mass is 10.1. The van der Waals surface area contributed by atoms with Gasteiger partial charge in [-0.25, -0.2) is 23.2 Å². The zero-order valence-electron chi connectivity index (χ0n) is 18.5. The van der Waals surface area contributed by atoms with Crippen molar-refractivity contribution in [1.82, 2.24) is 14.8 Å². The number of halogens is 3. The third-order valence-electron chi connectivity index (χ3n) is 5.81. The fraction of sp³-hybridized carbons (Fsp3) is 0.217. The van der Waals surface area contributed by atoms with Gasteiger partial charge in [0, 0.05) is 30.1 Å². The number of urea groups is 1. The molecule has 2 atom stereocenters. The van der Waals surface area contributed by atoms with E-state index in [1.807, 2.05) is 0 Å². The van der Waals surface area contributed by atoms with Crippen molar-refractivity contribution in [3.05, 3.63) is 64.6 Å². The number of nitrogens with one attached hydrogen (secondary N) is 2. The summed E-state index contributed by atoms with van der Waals surface area (Å²) in [6.07, 6.45) is -0.453. The van der Waals surface area contributed by atoms with Crippen LogP contribution in [-0.4, -0.2) is 57.3 Å². The number of para-hydroxylation sites is 1. The van der Waals surface area contributed by atoms with Crippen molar-refractivity contribution < 1.29 is 33.1 Å². The largest absolute Gasteiger partial charge is 0.478 e. The van der Waals surface area contributed by atoms with Gasteiger partial charge in [0.25, 0.3) is 0 Å². The Labute approximate surface area is 207 Å². The van der Waals surface area contributed by atoms with Crippen molar-refractivity contribution in [2.45, 2.75) is 25.2 Å². The van der Waals surface area contributed by atoms with Gasteiger partial charge in [0.15, 0.2) is 0 Å². The molecule has 0 aliphatic carbocycles. The van der Waals surface area contributed by atoms with E-state index in [1.54, 1.807) is 24.3 Å². The summed E-state index contributed by atoms with van der Waals surface area (Å²) in [7, 11) is 0. The minimum absolute atomic E-state index is 0.182. The van der Waals surface area contributed by atoms with Crippen molar-refractivity contribution in [2.75, 3.05) is 11.9 Å². The first-order valence-electron chi connectivity index (χ1n) is 10.7. The monoisotopic (exact) mass is 519 g/mol. The Bertz CT molecular complexity index is 1390. The van der Waals surface area contributed by atoms with Gasteiger partial charge in [0.05, 0.1) is 28.3 Å². The van der Waals surface area contributed by atoms with Crippen LogP contribution in [0.25, 0.3) is 10.9 Å².